The van der Waals surface area contributed by atoms with Gasteiger partial charge in [-0.15, -0.1) is 0 Å². The van der Waals surface area contributed by atoms with E-state index in [1.165, 1.54) is 5.52 Å². The van der Waals surface area contributed by atoms with E-state index in [1.807, 2.05) is 18.2 Å². The predicted molar refractivity (Wildman–Crippen MR) is 84.7 cm³/mol. The summed E-state index contributed by atoms with van der Waals surface area (Å²) in [6.45, 7) is 6.41. The van der Waals surface area contributed by atoms with Crippen LogP contribution >= 0.6 is 0 Å². The maximum absolute atomic E-state index is 6.04. The van der Waals surface area contributed by atoms with Gasteiger partial charge < -0.3 is 10.3 Å². The number of anilines is 1. The zero-order valence-electron chi connectivity index (χ0n) is 12.1. The minimum absolute atomic E-state index is 0.346. The Hall–Kier alpha value is -2.29. The molecular formula is C17H19N3. The monoisotopic (exact) mass is 265 g/mol. The Morgan fingerprint density at radius 1 is 1.05 bits per heavy atom. The number of nitrogens with two attached hydrogens (primary N) is 1. The highest BCUT2D eigenvalue weighted by molar-refractivity contribution is 5.82. The van der Waals surface area contributed by atoms with Crippen molar-refractivity contribution in [3.63, 3.8) is 0 Å². The molecule has 1 heterocycles. The molecule has 0 fully saturated rings. The number of aromatic nitrogens is 2. The van der Waals surface area contributed by atoms with E-state index in [1.54, 1.807) is 0 Å². The van der Waals surface area contributed by atoms with Crippen LogP contribution < -0.4 is 5.73 Å². The van der Waals surface area contributed by atoms with E-state index in [0.717, 1.165) is 28.2 Å². The molecule has 3 heteroatoms. The van der Waals surface area contributed by atoms with Gasteiger partial charge in [0, 0.05) is 17.3 Å². The molecule has 0 aliphatic rings. The maximum atomic E-state index is 6.04. The molecule has 0 aliphatic heterocycles. The summed E-state index contributed by atoms with van der Waals surface area (Å²) in [4.78, 5) is 4.81. The minimum atomic E-state index is 0.346. The predicted octanol–water partition coefficient (Wildman–Crippen LogP) is 4.17. The van der Waals surface area contributed by atoms with E-state index < -0.39 is 0 Å². The molecule has 3 rings (SSSR count). The lowest BCUT2D eigenvalue weighted by atomic mass is 10.1. The average Bonchev–Trinajstić information content (AvgIpc) is 2.81. The van der Waals surface area contributed by atoms with Crippen LogP contribution in [0.25, 0.3) is 22.4 Å². The Morgan fingerprint density at radius 2 is 1.80 bits per heavy atom. The van der Waals surface area contributed by atoms with Gasteiger partial charge in [-0.25, -0.2) is 4.98 Å². The van der Waals surface area contributed by atoms with Crippen LogP contribution in [0.5, 0.6) is 0 Å². The average molecular weight is 265 g/mol. The lowest BCUT2D eigenvalue weighted by molar-refractivity contribution is 0.624. The molecule has 102 valence electrons. The van der Waals surface area contributed by atoms with Crippen LogP contribution in [0.15, 0.2) is 42.5 Å². The number of nitrogens with zero attached hydrogens (tertiary/aromatic N) is 2. The summed E-state index contributed by atoms with van der Waals surface area (Å²) in [6, 6.07) is 14.6. The molecular weight excluding hydrogens is 246 g/mol. The topological polar surface area (TPSA) is 43.8 Å². The van der Waals surface area contributed by atoms with E-state index in [0.29, 0.717) is 6.04 Å². The van der Waals surface area contributed by atoms with Crippen molar-refractivity contribution >= 4 is 16.7 Å². The quantitative estimate of drug-likeness (QED) is 0.706. The summed E-state index contributed by atoms with van der Waals surface area (Å²) in [5, 5.41) is 0. The van der Waals surface area contributed by atoms with Gasteiger partial charge in [0.1, 0.15) is 5.82 Å². The molecule has 0 saturated carbocycles. The molecule has 0 spiro atoms. The third kappa shape index (κ3) is 1.86. The van der Waals surface area contributed by atoms with Crippen molar-refractivity contribution in [3.05, 3.63) is 48.0 Å². The van der Waals surface area contributed by atoms with E-state index in [2.05, 4.69) is 49.6 Å². The normalized spacial score (nSPS) is 11.4. The lowest BCUT2D eigenvalue weighted by Gasteiger charge is -2.15. The molecule has 3 nitrogen and oxygen atoms in total. The zero-order chi connectivity index (χ0) is 14.3. The van der Waals surface area contributed by atoms with E-state index in [9.17, 15) is 0 Å². The Labute approximate surface area is 119 Å². The van der Waals surface area contributed by atoms with Gasteiger partial charge in [0.15, 0.2) is 0 Å². The van der Waals surface area contributed by atoms with Crippen LogP contribution in [-0.4, -0.2) is 9.55 Å². The van der Waals surface area contributed by atoms with Crippen LogP contribution in [0.2, 0.25) is 0 Å². The molecule has 0 aliphatic carbocycles. The number of fused-ring (bicyclic) bond motifs is 1. The van der Waals surface area contributed by atoms with Crippen LogP contribution in [0.4, 0.5) is 5.69 Å². The van der Waals surface area contributed by atoms with Crippen molar-refractivity contribution < 1.29 is 0 Å². The van der Waals surface area contributed by atoms with Gasteiger partial charge in [0.05, 0.1) is 11.0 Å². The number of imidazole rings is 1. The molecule has 0 radical (unpaired) electrons. The first-order valence-corrected chi connectivity index (χ1v) is 6.92. The summed E-state index contributed by atoms with van der Waals surface area (Å²) in [5.41, 5.74) is 11.2. The highest BCUT2D eigenvalue weighted by Gasteiger charge is 2.16. The number of hydrogen-bond acceptors (Lipinski definition) is 2. The van der Waals surface area contributed by atoms with Gasteiger partial charge in [-0.3, -0.25) is 0 Å². The SMILES string of the molecule is Cc1c(N)cccc1-c1nc2ccccc2n1C(C)C. The number of benzene rings is 2. The fraction of sp³-hybridized carbons (Fsp3) is 0.235. The van der Waals surface area contributed by atoms with Gasteiger partial charge in [-0.05, 0) is 44.5 Å². The molecule has 2 N–H and O–H groups in total. The first-order chi connectivity index (χ1) is 9.59. The van der Waals surface area contributed by atoms with Crippen LogP contribution in [0.1, 0.15) is 25.5 Å². The number of para-hydroxylation sites is 2. The highest BCUT2D eigenvalue weighted by atomic mass is 15.1. The third-order valence-corrected chi connectivity index (χ3v) is 3.73. The molecule has 1 aromatic heterocycles. The summed E-state index contributed by atoms with van der Waals surface area (Å²) < 4.78 is 2.27. The Morgan fingerprint density at radius 3 is 2.55 bits per heavy atom. The summed E-state index contributed by atoms with van der Waals surface area (Å²) in [6.07, 6.45) is 0. The summed E-state index contributed by atoms with van der Waals surface area (Å²) >= 11 is 0. The Kier molecular flexibility index (Phi) is 2.97. The Bertz CT molecular complexity index is 769. The molecule has 2 aromatic carbocycles. The number of hydrogen-bond donors (Lipinski definition) is 1. The second-order valence-electron chi connectivity index (χ2n) is 5.41. The van der Waals surface area contributed by atoms with Crippen molar-refractivity contribution in [3.8, 4) is 11.4 Å². The molecule has 0 bridgehead atoms. The molecule has 0 atom stereocenters. The van der Waals surface area contributed by atoms with Gasteiger partial charge in [-0.2, -0.15) is 0 Å². The zero-order valence-corrected chi connectivity index (χ0v) is 12.1. The van der Waals surface area contributed by atoms with E-state index in [-0.39, 0.29) is 0 Å². The highest BCUT2D eigenvalue weighted by Crippen LogP contribution is 2.31. The smallest absolute Gasteiger partial charge is 0.141 e. The fourth-order valence-electron chi connectivity index (χ4n) is 2.65. The summed E-state index contributed by atoms with van der Waals surface area (Å²) in [7, 11) is 0. The minimum Gasteiger partial charge on any atom is -0.398 e. The van der Waals surface area contributed by atoms with Crippen LogP contribution in [0.3, 0.4) is 0 Å². The standard InChI is InChI=1S/C17H19N3/c1-11(2)20-16-10-5-4-9-15(16)19-17(20)13-7-6-8-14(18)12(13)3/h4-11H,18H2,1-3H3. The molecule has 0 amide bonds. The first kappa shape index (κ1) is 12.7. The van der Waals surface area contributed by atoms with Crippen LogP contribution in [-0.2, 0) is 0 Å². The van der Waals surface area contributed by atoms with E-state index in [4.69, 9.17) is 10.7 Å². The fourth-order valence-corrected chi connectivity index (χ4v) is 2.65. The van der Waals surface area contributed by atoms with Gasteiger partial charge in [0.2, 0.25) is 0 Å². The van der Waals surface area contributed by atoms with Crippen molar-refractivity contribution in [2.24, 2.45) is 0 Å². The summed E-state index contributed by atoms with van der Waals surface area (Å²) in [5.74, 6) is 0.992. The number of rotatable bonds is 2. The van der Waals surface area contributed by atoms with Crippen molar-refractivity contribution in [1.29, 1.82) is 0 Å². The Balaban J connectivity index is 2.36. The van der Waals surface area contributed by atoms with Crippen molar-refractivity contribution in [1.82, 2.24) is 9.55 Å². The van der Waals surface area contributed by atoms with Crippen molar-refractivity contribution in [2.75, 3.05) is 5.73 Å². The van der Waals surface area contributed by atoms with Crippen molar-refractivity contribution in [2.45, 2.75) is 26.8 Å². The maximum Gasteiger partial charge on any atom is 0.141 e. The lowest BCUT2D eigenvalue weighted by Crippen LogP contribution is -2.04. The molecule has 0 saturated heterocycles. The van der Waals surface area contributed by atoms with Gasteiger partial charge in [0.25, 0.3) is 0 Å². The van der Waals surface area contributed by atoms with Crippen LogP contribution in [0, 0.1) is 6.92 Å². The molecule has 0 unspecified atom stereocenters. The second-order valence-corrected chi connectivity index (χ2v) is 5.41. The third-order valence-electron chi connectivity index (χ3n) is 3.73. The number of nitrogen functional groups attached to an aromatic ring is 1. The largest absolute Gasteiger partial charge is 0.398 e. The second kappa shape index (κ2) is 4.67. The van der Waals surface area contributed by atoms with Gasteiger partial charge in [-0.1, -0.05) is 24.3 Å². The van der Waals surface area contributed by atoms with Gasteiger partial charge >= 0.3 is 0 Å². The first-order valence-electron chi connectivity index (χ1n) is 6.92. The molecule has 20 heavy (non-hydrogen) atoms. The van der Waals surface area contributed by atoms with E-state index >= 15 is 0 Å². The molecule has 3 aromatic rings.